The standard InChI is InChI=1S/C15H11.C13H9.C13H10.Zr/c1-2-7-12(6-1)15-11-5-9-13-8-3-4-10-14(13)15;1-3-7-12-10(5-1)9-11-6-2-4-8-13(11)12;1-3-7-12(8-4-1)11-13-9-5-2-6-10-13;/h1,3-6,8-11H,2H2;1-9H;1-10H;/q2*-1;;+2. The maximum absolute atomic E-state index is 3.37. The van der Waals surface area contributed by atoms with Gasteiger partial charge >= 0.3 is 99.2 Å². The van der Waals surface area contributed by atoms with Crippen molar-refractivity contribution in [2.75, 3.05) is 0 Å². The van der Waals surface area contributed by atoms with Crippen molar-refractivity contribution in [2.45, 2.75) is 6.42 Å². The zero-order chi connectivity index (χ0) is 28.6. The second kappa shape index (κ2) is 13.6. The monoisotopic (exact) mass is 612 g/mol. The molecule has 0 saturated heterocycles. The van der Waals surface area contributed by atoms with Crippen molar-refractivity contribution in [1.29, 1.82) is 0 Å². The van der Waals surface area contributed by atoms with Crippen LogP contribution in [-0.2, 0) is 24.2 Å². The van der Waals surface area contributed by atoms with Crippen LogP contribution in [0.25, 0.3) is 37.9 Å². The Morgan fingerprint density at radius 1 is 0.524 bits per heavy atom. The van der Waals surface area contributed by atoms with Crippen LogP contribution in [0, 0.1) is 6.08 Å². The summed E-state index contributed by atoms with van der Waals surface area (Å²) in [5.74, 6) is 0. The Hall–Kier alpha value is -4.32. The molecule has 0 fully saturated rings. The van der Waals surface area contributed by atoms with E-state index in [1.165, 1.54) is 82.0 Å². The molecule has 0 nitrogen and oxygen atoms in total. The zero-order valence-corrected chi connectivity index (χ0v) is 25.8. The zero-order valence-electron chi connectivity index (χ0n) is 23.4. The van der Waals surface area contributed by atoms with Crippen LogP contribution < -0.4 is 0 Å². The van der Waals surface area contributed by atoms with Gasteiger partial charge in [0.15, 0.2) is 0 Å². The van der Waals surface area contributed by atoms with Crippen LogP contribution in [0.4, 0.5) is 0 Å². The van der Waals surface area contributed by atoms with E-state index in [0.717, 1.165) is 6.42 Å². The Balaban J connectivity index is 0.000000113. The molecule has 0 amide bonds. The minimum Gasteiger partial charge on any atom is -0.126 e. The van der Waals surface area contributed by atoms with Crippen LogP contribution in [0.15, 0.2) is 170 Å². The van der Waals surface area contributed by atoms with Crippen LogP contribution >= 0.6 is 0 Å². The fourth-order valence-electron chi connectivity index (χ4n) is 5.33. The first-order valence-corrected chi connectivity index (χ1v) is 15.5. The first kappa shape index (κ1) is 27.8. The van der Waals surface area contributed by atoms with E-state index in [2.05, 4.69) is 176 Å². The van der Waals surface area contributed by atoms with E-state index in [-0.39, 0.29) is 0 Å². The summed E-state index contributed by atoms with van der Waals surface area (Å²) in [7, 11) is 0. The van der Waals surface area contributed by atoms with Gasteiger partial charge in [-0.05, 0) is 5.39 Å². The Morgan fingerprint density at radius 3 is 1.60 bits per heavy atom. The van der Waals surface area contributed by atoms with Gasteiger partial charge in [-0.3, -0.25) is 0 Å². The fourth-order valence-corrected chi connectivity index (χ4v) is 6.15. The number of hydrogen-bond donors (Lipinski definition) is 0. The maximum Gasteiger partial charge on any atom is -0.0771 e. The third kappa shape index (κ3) is 6.43. The van der Waals surface area contributed by atoms with Gasteiger partial charge < -0.3 is 0 Å². The first-order valence-electron chi connectivity index (χ1n) is 14.3. The molecule has 1 aliphatic rings. The molecule has 0 atom stereocenters. The molecule has 1 aliphatic carbocycles. The summed E-state index contributed by atoms with van der Waals surface area (Å²) < 4.78 is 1.42. The molecular weight excluding hydrogens is 584 g/mol. The summed E-state index contributed by atoms with van der Waals surface area (Å²) in [6.45, 7) is 0. The quantitative estimate of drug-likeness (QED) is 0.174. The molecule has 198 valence electrons. The normalized spacial score (nSPS) is 11.9. The molecule has 0 spiro atoms. The van der Waals surface area contributed by atoms with Crippen molar-refractivity contribution in [3.63, 3.8) is 0 Å². The summed E-state index contributed by atoms with van der Waals surface area (Å²) in [5.41, 5.74) is 5.18. The van der Waals surface area contributed by atoms with E-state index in [1.807, 2.05) is 0 Å². The summed E-state index contributed by atoms with van der Waals surface area (Å²) in [6, 6.07) is 55.3. The van der Waals surface area contributed by atoms with Crippen LogP contribution in [-0.4, -0.2) is 3.21 Å². The van der Waals surface area contributed by atoms with Crippen molar-refractivity contribution in [3.05, 3.63) is 193 Å². The van der Waals surface area contributed by atoms with Crippen LogP contribution in [0.2, 0.25) is 0 Å². The molecule has 0 saturated carbocycles. The van der Waals surface area contributed by atoms with Crippen molar-refractivity contribution >= 4 is 41.1 Å². The largest absolute Gasteiger partial charge is 0.126 e. The first-order chi connectivity index (χ1) is 20.8. The predicted octanol–water partition coefficient (Wildman–Crippen LogP) is 10.5. The molecule has 0 radical (unpaired) electrons. The Bertz CT molecular complexity index is 1910. The van der Waals surface area contributed by atoms with Gasteiger partial charge in [0, 0.05) is 0 Å². The van der Waals surface area contributed by atoms with E-state index in [1.54, 1.807) is 0 Å². The Labute approximate surface area is 263 Å². The third-order valence-corrected chi connectivity index (χ3v) is 8.84. The van der Waals surface area contributed by atoms with E-state index < -0.39 is 0 Å². The van der Waals surface area contributed by atoms with Crippen molar-refractivity contribution in [2.24, 2.45) is 0 Å². The number of rotatable bonds is 3. The molecular formula is C41H30Zr. The van der Waals surface area contributed by atoms with Crippen molar-refractivity contribution in [1.82, 2.24) is 0 Å². The van der Waals surface area contributed by atoms with Crippen LogP contribution in [0.5, 0.6) is 0 Å². The van der Waals surface area contributed by atoms with E-state index in [9.17, 15) is 0 Å². The van der Waals surface area contributed by atoms with Crippen LogP contribution in [0.3, 0.4) is 0 Å². The van der Waals surface area contributed by atoms with Crippen molar-refractivity contribution in [3.8, 4) is 0 Å². The van der Waals surface area contributed by atoms with Gasteiger partial charge in [0.1, 0.15) is 0 Å². The molecule has 1 heteroatoms. The van der Waals surface area contributed by atoms with Gasteiger partial charge in [-0.25, -0.2) is 0 Å². The Morgan fingerprint density at radius 2 is 1.02 bits per heavy atom. The van der Waals surface area contributed by atoms with Gasteiger partial charge in [-0.1, -0.05) is 84.6 Å². The van der Waals surface area contributed by atoms with Gasteiger partial charge in [0.25, 0.3) is 0 Å². The van der Waals surface area contributed by atoms with Gasteiger partial charge in [-0.15, -0.1) is 57.4 Å². The summed E-state index contributed by atoms with van der Waals surface area (Å²) >= 11 is 1.46. The minimum atomic E-state index is 0.943. The number of fused-ring (bicyclic) bond motifs is 4. The molecule has 7 aromatic carbocycles. The van der Waals surface area contributed by atoms with E-state index >= 15 is 0 Å². The van der Waals surface area contributed by atoms with Gasteiger partial charge in [0.2, 0.25) is 0 Å². The molecule has 0 bridgehead atoms. The van der Waals surface area contributed by atoms with E-state index in [0.29, 0.717) is 0 Å². The molecule has 0 unspecified atom stereocenters. The number of benzene rings is 6. The number of hydrogen-bond acceptors (Lipinski definition) is 0. The summed E-state index contributed by atoms with van der Waals surface area (Å²) in [4.78, 5) is 0. The molecule has 8 rings (SSSR count). The fraction of sp³-hybridized carbons (Fsp3) is 0.0244. The molecule has 42 heavy (non-hydrogen) atoms. The summed E-state index contributed by atoms with van der Waals surface area (Å²) in [6.07, 6.45) is 8.62. The third-order valence-electron chi connectivity index (χ3n) is 7.42. The maximum atomic E-state index is 3.37. The van der Waals surface area contributed by atoms with Gasteiger partial charge in [0.05, 0.1) is 0 Å². The second-order valence-electron chi connectivity index (χ2n) is 10.1. The predicted molar refractivity (Wildman–Crippen MR) is 177 cm³/mol. The van der Waals surface area contributed by atoms with Crippen LogP contribution in [0.1, 0.15) is 23.1 Å². The SMILES string of the molecule is [C-]1=C(c2cccc3ccccc23)C=CC1.[Zr+2]=[C](c1ccccc1)c1ccccc1.c1ccc2c(c1)[cH-]c1ccccc12. The average molecular weight is 614 g/mol. The van der Waals surface area contributed by atoms with Crippen molar-refractivity contribution < 1.29 is 24.2 Å². The topological polar surface area (TPSA) is 0 Å². The van der Waals surface area contributed by atoms with E-state index in [4.69, 9.17) is 0 Å². The number of allylic oxidation sites excluding steroid dienone is 4. The molecule has 7 aromatic rings. The Kier molecular flexibility index (Phi) is 8.99. The molecule has 0 N–H and O–H groups in total. The average Bonchev–Trinajstić information content (AvgIpc) is 3.74. The van der Waals surface area contributed by atoms with Gasteiger partial charge in [-0.2, -0.15) is 17.7 Å². The molecule has 0 heterocycles. The molecule has 0 aromatic heterocycles. The molecule has 0 aliphatic heterocycles. The summed E-state index contributed by atoms with van der Waals surface area (Å²) in [5, 5.41) is 8.00. The minimum absolute atomic E-state index is 0.943. The smallest absolute Gasteiger partial charge is 0.0771 e. The second-order valence-corrected chi connectivity index (χ2v) is 11.4.